The fraction of sp³-hybridized carbons (Fsp3) is 0.800. The second kappa shape index (κ2) is 7.59. The summed E-state index contributed by atoms with van der Waals surface area (Å²) in [5, 5.41) is 7.49. The van der Waals surface area contributed by atoms with Crippen molar-refractivity contribution in [2.75, 3.05) is 13.7 Å². The molecule has 0 bridgehead atoms. The number of hydrogen-bond acceptors (Lipinski definition) is 3. The number of ether oxygens (including phenoxy) is 1. The number of nitrogens with zero attached hydrogens (tertiary/aromatic N) is 3. The van der Waals surface area contributed by atoms with Crippen LogP contribution in [0, 0.1) is 11.3 Å². The van der Waals surface area contributed by atoms with Gasteiger partial charge in [-0.1, -0.05) is 27.2 Å². The lowest BCUT2D eigenvalue weighted by molar-refractivity contribution is -0.00341. The Labute approximate surface area is 157 Å². The number of urea groups is 1. The smallest absolute Gasteiger partial charge is 0.317 e. The van der Waals surface area contributed by atoms with Gasteiger partial charge in [-0.15, -0.1) is 0 Å². The van der Waals surface area contributed by atoms with Crippen LogP contribution in [0.15, 0.2) is 12.3 Å². The molecule has 1 aromatic rings. The second-order valence-electron chi connectivity index (χ2n) is 8.99. The summed E-state index contributed by atoms with van der Waals surface area (Å²) in [5.41, 5.74) is 1.31. The highest BCUT2D eigenvalue weighted by molar-refractivity contribution is 5.74. The lowest BCUT2D eigenvalue weighted by atomic mass is 9.77. The molecule has 1 N–H and O–H groups in total. The molecule has 1 aliphatic carbocycles. The quantitative estimate of drug-likeness (QED) is 0.895. The van der Waals surface area contributed by atoms with Crippen LogP contribution in [-0.4, -0.2) is 46.4 Å². The van der Waals surface area contributed by atoms with E-state index >= 15 is 0 Å². The van der Waals surface area contributed by atoms with E-state index in [9.17, 15) is 4.79 Å². The molecule has 2 heterocycles. The van der Waals surface area contributed by atoms with Crippen molar-refractivity contribution < 1.29 is 9.53 Å². The molecular formula is C20H34N4O2. The lowest BCUT2D eigenvalue weighted by Crippen LogP contribution is -2.51. The van der Waals surface area contributed by atoms with E-state index in [2.05, 4.69) is 31.2 Å². The van der Waals surface area contributed by atoms with Gasteiger partial charge in [-0.2, -0.15) is 5.10 Å². The maximum atomic E-state index is 12.9. The first-order chi connectivity index (χ1) is 12.3. The van der Waals surface area contributed by atoms with Crippen molar-refractivity contribution in [3.63, 3.8) is 0 Å². The molecule has 1 aromatic heterocycles. The van der Waals surface area contributed by atoms with Gasteiger partial charge in [0.15, 0.2) is 0 Å². The summed E-state index contributed by atoms with van der Waals surface area (Å²) < 4.78 is 7.77. The number of nitrogens with one attached hydrogen (secondary N) is 1. The van der Waals surface area contributed by atoms with Crippen LogP contribution in [-0.2, 0) is 11.8 Å². The number of carbonyl (C=O) groups is 1. The number of aryl methyl sites for hydroxylation is 1. The Kier molecular flexibility index (Phi) is 5.61. The van der Waals surface area contributed by atoms with Crippen molar-refractivity contribution in [3.05, 3.63) is 18.0 Å². The Morgan fingerprint density at radius 2 is 2.12 bits per heavy atom. The van der Waals surface area contributed by atoms with Crippen LogP contribution in [0.25, 0.3) is 0 Å². The van der Waals surface area contributed by atoms with Gasteiger partial charge in [-0.3, -0.25) is 4.68 Å². The van der Waals surface area contributed by atoms with Crippen LogP contribution in [0.4, 0.5) is 4.79 Å². The fourth-order valence-electron chi connectivity index (χ4n) is 4.68. The maximum Gasteiger partial charge on any atom is 0.317 e. The van der Waals surface area contributed by atoms with Crippen LogP contribution in [0.1, 0.15) is 64.7 Å². The average Bonchev–Trinajstić information content (AvgIpc) is 3.22. The van der Waals surface area contributed by atoms with E-state index in [4.69, 9.17) is 4.74 Å². The van der Waals surface area contributed by atoms with Crippen molar-refractivity contribution in [1.29, 1.82) is 0 Å². The highest BCUT2D eigenvalue weighted by atomic mass is 16.5. The number of rotatable bonds is 3. The summed E-state index contributed by atoms with van der Waals surface area (Å²) in [4.78, 5) is 14.8. The minimum atomic E-state index is 0.000611. The predicted octanol–water partition coefficient (Wildman–Crippen LogP) is 3.50. The molecule has 146 valence electrons. The Balaban J connectivity index is 1.59. The molecule has 2 amide bonds. The van der Waals surface area contributed by atoms with Crippen molar-refractivity contribution in [1.82, 2.24) is 20.0 Å². The van der Waals surface area contributed by atoms with E-state index in [1.807, 2.05) is 29.7 Å². The first kappa shape index (κ1) is 19.2. The molecule has 26 heavy (non-hydrogen) atoms. The zero-order chi connectivity index (χ0) is 18.9. The average molecular weight is 363 g/mol. The third-order valence-electron chi connectivity index (χ3n) is 6.21. The highest BCUT2D eigenvalue weighted by Gasteiger charge is 2.40. The number of hydrogen-bond donors (Lipinski definition) is 1. The summed E-state index contributed by atoms with van der Waals surface area (Å²) in [5.74, 6) is 0.565. The molecular weight excluding hydrogens is 328 g/mol. The Morgan fingerprint density at radius 1 is 1.35 bits per heavy atom. The molecule has 0 aromatic carbocycles. The summed E-state index contributed by atoms with van der Waals surface area (Å²) in [6, 6.07) is 2.53. The van der Waals surface area contributed by atoms with Gasteiger partial charge >= 0.3 is 6.03 Å². The molecule has 1 aliphatic heterocycles. The second-order valence-corrected chi connectivity index (χ2v) is 8.99. The highest BCUT2D eigenvalue weighted by Crippen LogP contribution is 2.41. The molecule has 1 saturated heterocycles. The predicted molar refractivity (Wildman–Crippen MR) is 102 cm³/mol. The number of amides is 2. The standard InChI is InChI=1S/C20H34N4O2/c1-20(2,3)15-7-6-8-16(15)23(4)19(25)22-14-10-12-26-18(13-14)17-9-11-21-24(17)5/h9,11,14-16,18H,6-8,10,12-13H2,1-5H3,(H,22,25). The van der Waals surface area contributed by atoms with Crippen LogP contribution >= 0.6 is 0 Å². The van der Waals surface area contributed by atoms with E-state index in [0.29, 0.717) is 18.6 Å². The molecule has 4 atom stereocenters. The van der Waals surface area contributed by atoms with E-state index in [1.54, 1.807) is 6.20 Å². The van der Waals surface area contributed by atoms with Crippen LogP contribution in [0.2, 0.25) is 0 Å². The first-order valence-corrected chi connectivity index (χ1v) is 9.90. The molecule has 2 aliphatic rings. The Hall–Kier alpha value is -1.56. The summed E-state index contributed by atoms with van der Waals surface area (Å²) in [6.07, 6.45) is 6.99. The minimum absolute atomic E-state index is 0.000611. The third kappa shape index (κ3) is 4.05. The SMILES string of the molecule is CN(C(=O)NC1CCOC(c2ccnn2C)C1)C1CCCC1C(C)(C)C. The van der Waals surface area contributed by atoms with Gasteiger partial charge in [0.25, 0.3) is 0 Å². The van der Waals surface area contributed by atoms with Crippen LogP contribution in [0.5, 0.6) is 0 Å². The van der Waals surface area contributed by atoms with Crippen molar-refractivity contribution in [3.8, 4) is 0 Å². The van der Waals surface area contributed by atoms with Crippen LogP contribution in [0.3, 0.4) is 0 Å². The van der Waals surface area contributed by atoms with Gasteiger partial charge in [0.05, 0.1) is 5.69 Å². The first-order valence-electron chi connectivity index (χ1n) is 9.90. The lowest BCUT2D eigenvalue weighted by Gasteiger charge is -2.38. The molecule has 6 heteroatoms. The van der Waals surface area contributed by atoms with Gasteiger partial charge in [-0.05, 0) is 43.1 Å². The van der Waals surface area contributed by atoms with Gasteiger partial charge in [0.1, 0.15) is 6.10 Å². The molecule has 1 saturated carbocycles. The Bertz CT molecular complexity index is 622. The monoisotopic (exact) mass is 362 g/mol. The minimum Gasteiger partial charge on any atom is -0.372 e. The van der Waals surface area contributed by atoms with Gasteiger partial charge in [0.2, 0.25) is 0 Å². The number of carbonyl (C=O) groups excluding carboxylic acids is 1. The van der Waals surface area contributed by atoms with E-state index < -0.39 is 0 Å². The summed E-state index contributed by atoms with van der Waals surface area (Å²) >= 11 is 0. The zero-order valence-corrected chi connectivity index (χ0v) is 16.9. The van der Waals surface area contributed by atoms with Crippen molar-refractivity contribution in [2.24, 2.45) is 18.4 Å². The third-order valence-corrected chi connectivity index (χ3v) is 6.21. The van der Waals surface area contributed by atoms with Gasteiger partial charge in [-0.25, -0.2) is 4.79 Å². The fourth-order valence-corrected chi connectivity index (χ4v) is 4.68. The normalized spacial score (nSPS) is 29.6. The van der Waals surface area contributed by atoms with Gasteiger partial charge < -0.3 is 15.0 Å². The molecule has 6 nitrogen and oxygen atoms in total. The Morgan fingerprint density at radius 3 is 2.77 bits per heavy atom. The topological polar surface area (TPSA) is 59.4 Å². The molecule has 0 radical (unpaired) electrons. The molecule has 4 unspecified atom stereocenters. The maximum absolute atomic E-state index is 12.9. The van der Waals surface area contributed by atoms with E-state index in [1.165, 1.54) is 12.8 Å². The molecule has 2 fully saturated rings. The van der Waals surface area contributed by atoms with Crippen LogP contribution < -0.4 is 5.32 Å². The van der Waals surface area contributed by atoms with Crippen molar-refractivity contribution in [2.45, 2.75) is 71.1 Å². The number of aromatic nitrogens is 2. The summed E-state index contributed by atoms with van der Waals surface area (Å²) in [7, 11) is 3.89. The largest absolute Gasteiger partial charge is 0.372 e. The van der Waals surface area contributed by atoms with E-state index in [-0.39, 0.29) is 23.6 Å². The molecule has 3 rings (SSSR count). The molecule has 0 spiro atoms. The zero-order valence-electron chi connectivity index (χ0n) is 16.9. The van der Waals surface area contributed by atoms with E-state index in [0.717, 1.165) is 25.0 Å². The van der Waals surface area contributed by atoms with Crippen molar-refractivity contribution >= 4 is 6.03 Å². The summed E-state index contributed by atoms with van der Waals surface area (Å²) in [6.45, 7) is 7.54. The van der Waals surface area contributed by atoms with Gasteiger partial charge in [0, 0.05) is 39.0 Å².